The minimum atomic E-state index is -1.33. The van der Waals surface area contributed by atoms with E-state index in [1.807, 2.05) is 0 Å². The Morgan fingerprint density at radius 2 is 1.70 bits per heavy atom. The number of anilines is 1. The maximum Gasteiger partial charge on any atom is 0.319 e. The van der Waals surface area contributed by atoms with E-state index in [-0.39, 0.29) is 6.61 Å². The van der Waals surface area contributed by atoms with Crippen LogP contribution in [0.1, 0.15) is 26.7 Å². The zero-order valence-corrected chi connectivity index (χ0v) is 11.3. The Labute approximate surface area is 115 Å². The van der Waals surface area contributed by atoms with E-state index in [1.54, 1.807) is 13.8 Å². The summed E-state index contributed by atoms with van der Waals surface area (Å²) in [6, 6.07) is 0.111. The van der Waals surface area contributed by atoms with Crippen LogP contribution >= 0.6 is 0 Å². The number of nitrogens with one attached hydrogen (secondary N) is 2. The lowest BCUT2D eigenvalue weighted by Gasteiger charge is -2.30. The van der Waals surface area contributed by atoms with E-state index < -0.39 is 34.7 Å². The molecule has 1 aromatic rings. The van der Waals surface area contributed by atoms with Crippen molar-refractivity contribution in [2.75, 3.05) is 11.9 Å². The predicted molar refractivity (Wildman–Crippen MR) is 68.9 cm³/mol. The summed E-state index contributed by atoms with van der Waals surface area (Å²) < 4.78 is 39.1. The molecule has 7 heteroatoms. The van der Waals surface area contributed by atoms with Crippen LogP contribution in [-0.4, -0.2) is 23.3 Å². The van der Waals surface area contributed by atoms with Crippen LogP contribution < -0.4 is 10.6 Å². The van der Waals surface area contributed by atoms with Crippen molar-refractivity contribution in [2.45, 2.75) is 32.2 Å². The number of aliphatic hydroxyl groups excluding tert-OH is 1. The average Bonchev–Trinajstić information content (AvgIpc) is 2.42. The summed E-state index contributed by atoms with van der Waals surface area (Å²) in [6.45, 7) is 3.27. The van der Waals surface area contributed by atoms with Crippen molar-refractivity contribution in [3.63, 3.8) is 0 Å². The van der Waals surface area contributed by atoms with Gasteiger partial charge in [-0.25, -0.2) is 18.0 Å². The number of hydrogen-bond donors (Lipinski definition) is 3. The van der Waals surface area contributed by atoms with Gasteiger partial charge in [-0.1, -0.05) is 13.8 Å². The number of carbonyl (C=O) groups is 1. The van der Waals surface area contributed by atoms with Crippen LogP contribution in [0, 0.1) is 17.5 Å². The highest BCUT2D eigenvalue weighted by Gasteiger charge is 2.27. The van der Waals surface area contributed by atoms with Crippen LogP contribution in [0.2, 0.25) is 0 Å². The summed E-state index contributed by atoms with van der Waals surface area (Å²) in [5, 5.41) is 13.9. The second-order valence-electron chi connectivity index (χ2n) is 4.47. The van der Waals surface area contributed by atoms with Gasteiger partial charge in [-0.3, -0.25) is 0 Å². The second-order valence-corrected chi connectivity index (χ2v) is 4.47. The topological polar surface area (TPSA) is 61.4 Å². The first-order valence-electron chi connectivity index (χ1n) is 6.22. The third-order valence-corrected chi connectivity index (χ3v) is 3.29. The van der Waals surface area contributed by atoms with Crippen molar-refractivity contribution in [3.8, 4) is 0 Å². The molecule has 20 heavy (non-hydrogen) atoms. The fraction of sp³-hybridized carbons (Fsp3) is 0.462. The molecule has 0 atom stereocenters. The van der Waals surface area contributed by atoms with E-state index in [9.17, 15) is 23.1 Å². The van der Waals surface area contributed by atoms with Crippen LogP contribution in [0.3, 0.4) is 0 Å². The Balaban J connectivity index is 2.84. The van der Waals surface area contributed by atoms with Crippen molar-refractivity contribution in [1.29, 1.82) is 0 Å². The zero-order chi connectivity index (χ0) is 15.3. The third kappa shape index (κ3) is 3.63. The van der Waals surface area contributed by atoms with Gasteiger partial charge in [0.05, 0.1) is 17.8 Å². The highest BCUT2D eigenvalue weighted by atomic mass is 19.2. The van der Waals surface area contributed by atoms with E-state index in [1.165, 1.54) is 0 Å². The van der Waals surface area contributed by atoms with E-state index in [0.717, 1.165) is 0 Å². The van der Waals surface area contributed by atoms with Gasteiger partial charge in [0.25, 0.3) is 0 Å². The maximum atomic E-state index is 13.4. The van der Waals surface area contributed by atoms with Gasteiger partial charge in [-0.15, -0.1) is 0 Å². The number of halogens is 3. The van der Waals surface area contributed by atoms with Crippen LogP contribution in [0.4, 0.5) is 23.7 Å². The molecular formula is C13H17F3N2O2. The van der Waals surface area contributed by atoms with E-state index in [0.29, 0.717) is 25.0 Å². The molecular weight excluding hydrogens is 273 g/mol. The minimum absolute atomic E-state index is 0.284. The number of carbonyl (C=O) groups excluding carboxylic acids is 1. The molecule has 0 radical (unpaired) electrons. The molecule has 0 unspecified atom stereocenters. The molecule has 1 rings (SSSR count). The molecule has 0 aliphatic rings. The van der Waals surface area contributed by atoms with Gasteiger partial charge in [-0.2, -0.15) is 0 Å². The van der Waals surface area contributed by atoms with Gasteiger partial charge in [0.1, 0.15) is 5.82 Å². The number of rotatable bonds is 5. The summed E-state index contributed by atoms with van der Waals surface area (Å²) >= 11 is 0. The second kappa shape index (κ2) is 6.60. The lowest BCUT2D eigenvalue weighted by atomic mass is 9.94. The Kier molecular flexibility index (Phi) is 5.38. The highest BCUT2D eigenvalue weighted by Crippen LogP contribution is 2.19. The first-order valence-corrected chi connectivity index (χ1v) is 6.22. The molecule has 2 amide bonds. The van der Waals surface area contributed by atoms with Crippen molar-refractivity contribution in [2.24, 2.45) is 0 Å². The molecule has 1 aromatic carbocycles. The fourth-order valence-corrected chi connectivity index (χ4v) is 1.70. The van der Waals surface area contributed by atoms with Crippen molar-refractivity contribution < 1.29 is 23.1 Å². The van der Waals surface area contributed by atoms with Gasteiger partial charge in [0, 0.05) is 12.1 Å². The van der Waals surface area contributed by atoms with Crippen molar-refractivity contribution in [3.05, 3.63) is 29.6 Å². The summed E-state index contributed by atoms with van der Waals surface area (Å²) in [7, 11) is 0. The van der Waals surface area contributed by atoms with Gasteiger partial charge >= 0.3 is 6.03 Å². The van der Waals surface area contributed by atoms with Crippen molar-refractivity contribution in [1.82, 2.24) is 5.32 Å². The zero-order valence-electron chi connectivity index (χ0n) is 11.3. The Morgan fingerprint density at radius 1 is 1.15 bits per heavy atom. The Bertz CT molecular complexity index is 482. The maximum absolute atomic E-state index is 13.4. The normalized spacial score (nSPS) is 11.3. The van der Waals surface area contributed by atoms with E-state index in [4.69, 9.17) is 0 Å². The number of aliphatic hydroxyl groups is 1. The first-order chi connectivity index (χ1) is 9.37. The lowest BCUT2D eigenvalue weighted by molar-refractivity contribution is 0.155. The van der Waals surface area contributed by atoms with Gasteiger partial charge in [0.15, 0.2) is 11.6 Å². The van der Waals surface area contributed by atoms with Crippen LogP contribution in [0.25, 0.3) is 0 Å². The predicted octanol–water partition coefficient (Wildman–Crippen LogP) is 2.78. The largest absolute Gasteiger partial charge is 0.394 e. The minimum Gasteiger partial charge on any atom is -0.394 e. The van der Waals surface area contributed by atoms with E-state index in [2.05, 4.69) is 10.6 Å². The SMILES string of the molecule is CCC(CC)(CO)NC(=O)Nc1cc(F)c(F)cc1F. The molecule has 0 aliphatic heterocycles. The Hall–Kier alpha value is -1.76. The van der Waals surface area contributed by atoms with Gasteiger partial charge < -0.3 is 15.7 Å². The van der Waals surface area contributed by atoms with Crippen LogP contribution in [0.15, 0.2) is 12.1 Å². The molecule has 112 valence electrons. The lowest BCUT2D eigenvalue weighted by Crippen LogP contribution is -2.52. The molecule has 0 heterocycles. The van der Waals surface area contributed by atoms with Gasteiger partial charge in [0.2, 0.25) is 0 Å². The average molecular weight is 290 g/mol. The van der Waals surface area contributed by atoms with Crippen LogP contribution in [0.5, 0.6) is 0 Å². The van der Waals surface area contributed by atoms with Crippen LogP contribution in [-0.2, 0) is 0 Å². The highest BCUT2D eigenvalue weighted by molar-refractivity contribution is 5.89. The molecule has 3 N–H and O–H groups in total. The molecule has 0 fully saturated rings. The molecule has 0 aromatic heterocycles. The third-order valence-electron chi connectivity index (χ3n) is 3.29. The summed E-state index contributed by atoms with van der Waals surface area (Å²) in [5.74, 6) is -3.68. The smallest absolute Gasteiger partial charge is 0.319 e. The fourth-order valence-electron chi connectivity index (χ4n) is 1.70. The van der Waals surface area contributed by atoms with Crippen molar-refractivity contribution >= 4 is 11.7 Å². The quantitative estimate of drug-likeness (QED) is 0.730. The summed E-state index contributed by atoms with van der Waals surface area (Å²) in [4.78, 5) is 11.7. The number of benzene rings is 1. The molecule has 0 saturated heterocycles. The summed E-state index contributed by atoms with van der Waals surface area (Å²) in [5.41, 5.74) is -1.31. The standard InChI is InChI=1S/C13H17F3N2O2/c1-3-13(4-2,7-19)18-12(20)17-11-6-9(15)8(14)5-10(11)16/h5-6,19H,3-4,7H2,1-2H3,(H2,17,18,20). The molecule has 0 saturated carbocycles. The number of urea groups is 1. The molecule has 0 spiro atoms. The number of amides is 2. The molecule has 0 bridgehead atoms. The Morgan fingerprint density at radius 3 is 2.20 bits per heavy atom. The first kappa shape index (κ1) is 16.3. The van der Waals surface area contributed by atoms with Gasteiger partial charge in [-0.05, 0) is 12.8 Å². The monoisotopic (exact) mass is 290 g/mol. The number of hydrogen-bond acceptors (Lipinski definition) is 2. The molecule has 0 aliphatic carbocycles. The molecule has 4 nitrogen and oxygen atoms in total. The van der Waals surface area contributed by atoms with E-state index >= 15 is 0 Å². The summed E-state index contributed by atoms with van der Waals surface area (Å²) in [6.07, 6.45) is 0.932.